The summed E-state index contributed by atoms with van der Waals surface area (Å²) in [5, 5.41) is 18.8. The summed E-state index contributed by atoms with van der Waals surface area (Å²) in [6, 6.07) is 20.7. The van der Waals surface area contributed by atoms with Crippen LogP contribution in [0.3, 0.4) is 0 Å². The van der Waals surface area contributed by atoms with Crippen molar-refractivity contribution in [3.63, 3.8) is 0 Å². The van der Waals surface area contributed by atoms with E-state index in [1.54, 1.807) is 10.6 Å². The number of fused-ring (bicyclic) bond motifs is 1. The Hall–Kier alpha value is -3.97. The molecule has 180 valence electrons. The molecule has 0 aliphatic heterocycles. The fourth-order valence-electron chi connectivity index (χ4n) is 4.51. The molecule has 0 unspecified atom stereocenters. The normalized spacial score (nSPS) is 11.7. The monoisotopic (exact) mass is 470 g/mol. The van der Waals surface area contributed by atoms with Gasteiger partial charge in [0.25, 0.3) is 0 Å². The molecule has 1 aromatic heterocycles. The smallest absolute Gasteiger partial charge is 0.249 e. The first kappa shape index (κ1) is 24.2. The number of nitrogens with two attached hydrogens (primary N) is 1. The van der Waals surface area contributed by atoms with E-state index in [9.17, 15) is 14.7 Å². The van der Waals surface area contributed by atoms with Crippen LogP contribution in [0, 0.1) is 5.41 Å². The van der Waals surface area contributed by atoms with Gasteiger partial charge < -0.3 is 20.0 Å². The second-order valence-electron chi connectivity index (χ2n) is 9.72. The van der Waals surface area contributed by atoms with Crippen molar-refractivity contribution in [2.75, 3.05) is 0 Å². The lowest BCUT2D eigenvalue weighted by molar-refractivity contribution is 0.0971. The molecule has 0 saturated heterocycles. The molecule has 0 bridgehead atoms. The number of Topliss-reactive ketones (excluding diaryl/α,β-unsaturated/α-hetero) is 1. The van der Waals surface area contributed by atoms with Crippen LogP contribution in [0.1, 0.15) is 58.2 Å². The van der Waals surface area contributed by atoms with Gasteiger partial charge in [0, 0.05) is 11.1 Å². The lowest BCUT2D eigenvalue weighted by Crippen LogP contribution is -2.28. The zero-order valence-electron chi connectivity index (χ0n) is 20.2. The minimum atomic E-state index is -0.692. The van der Waals surface area contributed by atoms with Crippen LogP contribution in [0.4, 0.5) is 0 Å². The summed E-state index contributed by atoms with van der Waals surface area (Å²) >= 11 is 0. The molecule has 1 heterocycles. The first-order valence-corrected chi connectivity index (χ1v) is 11.5. The maximum atomic E-state index is 13.5. The number of nitrogens with zero attached hydrogens (tertiary/aromatic N) is 2. The van der Waals surface area contributed by atoms with Gasteiger partial charge in [-0.3, -0.25) is 15.0 Å². The number of carbonyl (C=O) groups is 2. The molecule has 7 nitrogen and oxygen atoms in total. The third-order valence-electron chi connectivity index (χ3n) is 6.26. The summed E-state index contributed by atoms with van der Waals surface area (Å²) in [5.74, 6) is -0.939. The summed E-state index contributed by atoms with van der Waals surface area (Å²) in [4.78, 5) is 25.7. The molecule has 4 N–H and O–H groups in total. The Bertz CT molecular complexity index is 1470. The fraction of sp³-hybridized carbons (Fsp3) is 0.250. The van der Waals surface area contributed by atoms with Crippen molar-refractivity contribution in [1.82, 2.24) is 9.13 Å². The molecular formula is C28H30N4O3. The minimum absolute atomic E-state index is 0.0681. The average molecular weight is 471 g/mol. The SMILES string of the molecule is CC(C)(C)c1cc(C(=O)Cn2c(=N)n(Cc3ccccc3)c3ccccc32)cc(C(N)=O)c1CO. The Kier molecular flexibility index (Phi) is 6.45. The molecule has 0 saturated carbocycles. The van der Waals surface area contributed by atoms with Gasteiger partial charge in [0.05, 0.1) is 30.7 Å². The van der Waals surface area contributed by atoms with Crippen molar-refractivity contribution >= 4 is 22.7 Å². The molecule has 0 atom stereocenters. The van der Waals surface area contributed by atoms with Crippen LogP contribution >= 0.6 is 0 Å². The second kappa shape index (κ2) is 9.35. The number of imidazole rings is 1. The second-order valence-corrected chi connectivity index (χ2v) is 9.72. The number of carbonyl (C=O) groups excluding carboxylic acids is 2. The largest absolute Gasteiger partial charge is 0.392 e. The van der Waals surface area contributed by atoms with E-state index in [0.29, 0.717) is 23.2 Å². The van der Waals surface area contributed by atoms with Gasteiger partial charge in [0.15, 0.2) is 5.78 Å². The Labute approximate surface area is 204 Å². The topological polar surface area (TPSA) is 114 Å². The van der Waals surface area contributed by atoms with E-state index >= 15 is 0 Å². The molecule has 0 fully saturated rings. The molecule has 3 aromatic carbocycles. The van der Waals surface area contributed by atoms with Gasteiger partial charge in [0.2, 0.25) is 11.5 Å². The quantitative estimate of drug-likeness (QED) is 0.358. The number of amides is 1. The Balaban J connectivity index is 1.80. The predicted octanol–water partition coefficient (Wildman–Crippen LogP) is 3.74. The van der Waals surface area contributed by atoms with Gasteiger partial charge in [-0.15, -0.1) is 0 Å². The van der Waals surface area contributed by atoms with Crippen LogP contribution in [0.2, 0.25) is 0 Å². The zero-order chi connectivity index (χ0) is 25.3. The Morgan fingerprint density at radius 3 is 2.11 bits per heavy atom. The predicted molar refractivity (Wildman–Crippen MR) is 135 cm³/mol. The highest BCUT2D eigenvalue weighted by Crippen LogP contribution is 2.30. The van der Waals surface area contributed by atoms with Crippen LogP contribution in [-0.4, -0.2) is 25.9 Å². The number of benzene rings is 3. The van der Waals surface area contributed by atoms with E-state index < -0.39 is 11.3 Å². The molecule has 0 aliphatic carbocycles. The van der Waals surface area contributed by atoms with Gasteiger partial charge in [0.1, 0.15) is 0 Å². The summed E-state index contributed by atoms with van der Waals surface area (Å²) in [7, 11) is 0. The van der Waals surface area contributed by atoms with Gasteiger partial charge in [-0.1, -0.05) is 63.2 Å². The third kappa shape index (κ3) is 4.68. The summed E-state index contributed by atoms with van der Waals surface area (Å²) in [6.45, 7) is 5.95. The average Bonchev–Trinajstić information content (AvgIpc) is 3.09. The van der Waals surface area contributed by atoms with Crippen LogP contribution < -0.4 is 11.4 Å². The van der Waals surface area contributed by atoms with Crippen LogP contribution in [0.15, 0.2) is 66.7 Å². The fourth-order valence-corrected chi connectivity index (χ4v) is 4.51. The van der Waals surface area contributed by atoms with Crippen molar-refractivity contribution in [3.8, 4) is 0 Å². The third-order valence-corrected chi connectivity index (χ3v) is 6.26. The van der Waals surface area contributed by atoms with Crippen LogP contribution in [0.5, 0.6) is 0 Å². The highest BCUT2D eigenvalue weighted by atomic mass is 16.3. The van der Waals surface area contributed by atoms with E-state index in [-0.39, 0.29) is 30.1 Å². The zero-order valence-corrected chi connectivity index (χ0v) is 20.2. The Morgan fingerprint density at radius 1 is 0.943 bits per heavy atom. The van der Waals surface area contributed by atoms with E-state index in [2.05, 4.69) is 0 Å². The number of hydrogen-bond donors (Lipinski definition) is 3. The van der Waals surface area contributed by atoms with Crippen molar-refractivity contribution < 1.29 is 14.7 Å². The molecule has 7 heteroatoms. The molecule has 0 radical (unpaired) electrons. The number of ketones is 1. The number of aliphatic hydroxyl groups is 1. The number of primary amides is 1. The number of rotatable bonds is 7. The van der Waals surface area contributed by atoms with Crippen molar-refractivity contribution in [2.45, 2.75) is 45.9 Å². The van der Waals surface area contributed by atoms with Gasteiger partial charge in [-0.25, -0.2) is 0 Å². The maximum absolute atomic E-state index is 13.5. The lowest BCUT2D eigenvalue weighted by atomic mass is 9.80. The van der Waals surface area contributed by atoms with Crippen LogP contribution in [0.25, 0.3) is 11.0 Å². The number of para-hydroxylation sites is 2. The molecular weight excluding hydrogens is 440 g/mol. The van der Waals surface area contributed by atoms with E-state index in [1.165, 1.54) is 6.07 Å². The molecule has 4 rings (SSSR count). The van der Waals surface area contributed by atoms with Crippen molar-refractivity contribution in [1.29, 1.82) is 5.41 Å². The first-order valence-electron chi connectivity index (χ1n) is 11.5. The maximum Gasteiger partial charge on any atom is 0.249 e. The number of nitrogens with one attached hydrogen (secondary N) is 1. The highest BCUT2D eigenvalue weighted by molar-refractivity contribution is 6.01. The summed E-state index contributed by atoms with van der Waals surface area (Å²) in [5.41, 5.74) is 9.69. The summed E-state index contributed by atoms with van der Waals surface area (Å²) in [6.07, 6.45) is 0. The minimum Gasteiger partial charge on any atom is -0.392 e. The molecule has 0 spiro atoms. The number of aliphatic hydroxyl groups excluding tert-OH is 1. The van der Waals surface area contributed by atoms with Gasteiger partial charge in [-0.2, -0.15) is 0 Å². The van der Waals surface area contributed by atoms with E-state index in [1.807, 2.05) is 79.9 Å². The van der Waals surface area contributed by atoms with Crippen molar-refractivity contribution in [2.24, 2.45) is 5.73 Å². The number of aromatic nitrogens is 2. The van der Waals surface area contributed by atoms with Gasteiger partial charge in [-0.05, 0) is 46.4 Å². The van der Waals surface area contributed by atoms with Crippen molar-refractivity contribution in [3.05, 3.63) is 100 Å². The highest BCUT2D eigenvalue weighted by Gasteiger charge is 2.25. The number of hydrogen-bond acceptors (Lipinski definition) is 4. The van der Waals surface area contributed by atoms with Crippen LogP contribution in [-0.2, 0) is 25.1 Å². The first-order chi connectivity index (χ1) is 16.6. The molecule has 35 heavy (non-hydrogen) atoms. The lowest BCUT2D eigenvalue weighted by Gasteiger charge is -2.24. The standard InChI is InChI=1S/C28H30N4O3/c1-28(2,3)22-14-19(13-20(26(29)35)21(22)17-33)25(34)16-32-24-12-8-7-11-23(24)31(27(32)30)15-18-9-5-4-6-10-18/h4-14,30,33H,15-17H2,1-3H3,(H2,29,35). The molecule has 0 aliphatic rings. The molecule has 1 amide bonds. The van der Waals surface area contributed by atoms with E-state index in [0.717, 1.165) is 16.6 Å². The van der Waals surface area contributed by atoms with Gasteiger partial charge >= 0.3 is 0 Å². The molecule has 4 aromatic rings. The Morgan fingerprint density at radius 2 is 1.54 bits per heavy atom. The van der Waals surface area contributed by atoms with E-state index in [4.69, 9.17) is 11.1 Å². The summed E-state index contributed by atoms with van der Waals surface area (Å²) < 4.78 is 3.56.